The summed E-state index contributed by atoms with van der Waals surface area (Å²) in [6.45, 7) is 3.25. The van der Waals surface area contributed by atoms with Crippen LogP contribution in [-0.4, -0.2) is 11.0 Å². The van der Waals surface area contributed by atoms with Gasteiger partial charge in [-0.15, -0.1) is 0 Å². The summed E-state index contributed by atoms with van der Waals surface area (Å²) in [5.41, 5.74) is 9.00. The molecular weight excluding hydrogens is 269 g/mol. The maximum atomic E-state index is 13.5. The lowest BCUT2D eigenvalue weighted by Gasteiger charge is -2.09. The van der Waals surface area contributed by atoms with Crippen molar-refractivity contribution in [2.75, 3.05) is 0 Å². The minimum absolute atomic E-state index is 0.102. The van der Waals surface area contributed by atoms with Gasteiger partial charge < -0.3 is 16.3 Å². The first-order chi connectivity index (χ1) is 10.1. The molecule has 0 atom stereocenters. The molecule has 0 bridgehead atoms. The topological polar surface area (TPSA) is 70.6 Å². The average Bonchev–Trinajstić information content (AvgIpc) is 2.48. The Morgan fingerprint density at radius 3 is 2.71 bits per heavy atom. The van der Waals surface area contributed by atoms with E-state index in [0.717, 1.165) is 5.56 Å². The Morgan fingerprint density at radius 2 is 2.00 bits per heavy atom. The number of hydrogen-bond donors (Lipinski definition) is 3. The van der Waals surface area contributed by atoms with Crippen LogP contribution in [0.5, 0.6) is 0 Å². The number of nitrogens with two attached hydrogens (primary N) is 1. The Labute approximate surface area is 123 Å². The molecule has 21 heavy (non-hydrogen) atoms. The van der Waals surface area contributed by atoms with Crippen LogP contribution in [-0.2, 0) is 13.1 Å². The third-order valence-electron chi connectivity index (χ3n) is 3.27. The van der Waals surface area contributed by atoms with E-state index in [0.29, 0.717) is 18.7 Å². The molecule has 110 valence electrons. The minimum atomic E-state index is -0.410. The highest BCUT2D eigenvalue weighted by atomic mass is 19.1. The number of oxime groups is 1. The van der Waals surface area contributed by atoms with Crippen LogP contribution in [0, 0.1) is 12.7 Å². The van der Waals surface area contributed by atoms with Gasteiger partial charge in [0.05, 0.1) is 0 Å². The van der Waals surface area contributed by atoms with Crippen LogP contribution in [0.2, 0.25) is 0 Å². The number of rotatable bonds is 5. The predicted octanol–water partition coefficient (Wildman–Crippen LogP) is 2.52. The van der Waals surface area contributed by atoms with Crippen LogP contribution in [0.15, 0.2) is 47.6 Å². The Kier molecular flexibility index (Phi) is 4.90. The summed E-state index contributed by atoms with van der Waals surface area (Å²) in [7, 11) is 0. The number of amidine groups is 1. The van der Waals surface area contributed by atoms with Crippen molar-refractivity contribution in [2.45, 2.75) is 20.0 Å². The van der Waals surface area contributed by atoms with Crippen molar-refractivity contribution in [3.63, 3.8) is 0 Å². The molecular formula is C16H18FN3O. The van der Waals surface area contributed by atoms with Gasteiger partial charge in [0.25, 0.3) is 0 Å². The van der Waals surface area contributed by atoms with Gasteiger partial charge in [-0.3, -0.25) is 0 Å². The van der Waals surface area contributed by atoms with E-state index in [4.69, 9.17) is 10.9 Å². The smallest absolute Gasteiger partial charge is 0.170 e. The van der Waals surface area contributed by atoms with E-state index in [2.05, 4.69) is 29.5 Å². The molecule has 0 aliphatic heterocycles. The lowest BCUT2D eigenvalue weighted by atomic mass is 10.1. The molecule has 0 saturated carbocycles. The summed E-state index contributed by atoms with van der Waals surface area (Å²) in [5.74, 6) is -0.513. The third-order valence-corrected chi connectivity index (χ3v) is 3.27. The van der Waals surface area contributed by atoms with E-state index in [-0.39, 0.29) is 5.84 Å². The summed E-state index contributed by atoms with van der Waals surface area (Å²) < 4.78 is 13.5. The molecule has 2 aromatic rings. The molecule has 2 rings (SSSR count). The van der Waals surface area contributed by atoms with Crippen molar-refractivity contribution in [3.8, 4) is 0 Å². The SMILES string of the molecule is Cc1ccccc1CNCc1cc(F)cc(/C(N)=N/O)c1. The maximum Gasteiger partial charge on any atom is 0.170 e. The predicted molar refractivity (Wildman–Crippen MR) is 80.6 cm³/mol. The van der Waals surface area contributed by atoms with Crippen LogP contribution in [0.25, 0.3) is 0 Å². The van der Waals surface area contributed by atoms with E-state index >= 15 is 0 Å². The number of halogens is 1. The highest BCUT2D eigenvalue weighted by molar-refractivity contribution is 5.97. The molecule has 5 heteroatoms. The summed E-state index contributed by atoms with van der Waals surface area (Å²) in [6, 6.07) is 12.4. The summed E-state index contributed by atoms with van der Waals surface area (Å²) in [6.07, 6.45) is 0. The highest BCUT2D eigenvalue weighted by Gasteiger charge is 2.05. The van der Waals surface area contributed by atoms with E-state index in [1.165, 1.54) is 23.3 Å². The average molecular weight is 287 g/mol. The van der Waals surface area contributed by atoms with Crippen LogP contribution in [0.4, 0.5) is 4.39 Å². The molecule has 0 fully saturated rings. The van der Waals surface area contributed by atoms with E-state index < -0.39 is 5.82 Å². The fourth-order valence-electron chi connectivity index (χ4n) is 2.11. The van der Waals surface area contributed by atoms with Gasteiger partial charge in [-0.2, -0.15) is 0 Å². The van der Waals surface area contributed by atoms with E-state index in [9.17, 15) is 4.39 Å². The molecule has 0 aliphatic carbocycles. The molecule has 2 aromatic carbocycles. The minimum Gasteiger partial charge on any atom is -0.409 e. The summed E-state index contributed by atoms with van der Waals surface area (Å²) in [4.78, 5) is 0. The van der Waals surface area contributed by atoms with Crippen molar-refractivity contribution in [2.24, 2.45) is 10.9 Å². The van der Waals surface area contributed by atoms with E-state index in [1.807, 2.05) is 12.1 Å². The fraction of sp³-hybridized carbons (Fsp3) is 0.188. The van der Waals surface area contributed by atoms with Crippen LogP contribution in [0.3, 0.4) is 0 Å². The van der Waals surface area contributed by atoms with Crippen LogP contribution < -0.4 is 11.1 Å². The van der Waals surface area contributed by atoms with Gasteiger partial charge in [-0.05, 0) is 41.8 Å². The number of benzene rings is 2. The molecule has 0 amide bonds. The first-order valence-corrected chi connectivity index (χ1v) is 6.62. The molecule has 4 nitrogen and oxygen atoms in total. The van der Waals surface area contributed by atoms with E-state index in [1.54, 1.807) is 6.07 Å². The van der Waals surface area contributed by atoms with Gasteiger partial charge in [0.1, 0.15) is 5.82 Å². The van der Waals surface area contributed by atoms with Gasteiger partial charge in [0.15, 0.2) is 5.84 Å². The zero-order valence-electron chi connectivity index (χ0n) is 11.8. The normalized spacial score (nSPS) is 11.6. The van der Waals surface area contributed by atoms with Gasteiger partial charge in [0, 0.05) is 18.7 Å². The second kappa shape index (κ2) is 6.85. The molecule has 0 aliphatic rings. The van der Waals surface area contributed by atoms with Gasteiger partial charge in [-0.25, -0.2) is 4.39 Å². The second-order valence-electron chi connectivity index (χ2n) is 4.86. The lowest BCUT2D eigenvalue weighted by Crippen LogP contribution is -2.16. The van der Waals surface area contributed by atoms with Crippen molar-refractivity contribution < 1.29 is 9.60 Å². The van der Waals surface area contributed by atoms with Crippen LogP contribution in [0.1, 0.15) is 22.3 Å². The standard InChI is InChI=1S/C16H18FN3O/c1-11-4-2-3-5-13(11)10-19-9-12-6-14(16(18)20-21)8-15(17)7-12/h2-8,19,21H,9-10H2,1H3,(H2,18,20). The third kappa shape index (κ3) is 4.03. The summed E-state index contributed by atoms with van der Waals surface area (Å²) in [5, 5.41) is 14.8. The fourth-order valence-corrected chi connectivity index (χ4v) is 2.11. The van der Waals surface area contributed by atoms with Crippen molar-refractivity contribution >= 4 is 5.84 Å². The molecule has 0 radical (unpaired) electrons. The largest absolute Gasteiger partial charge is 0.409 e. The monoisotopic (exact) mass is 287 g/mol. The van der Waals surface area contributed by atoms with Crippen LogP contribution >= 0.6 is 0 Å². The quantitative estimate of drug-likeness (QED) is 0.342. The zero-order chi connectivity index (χ0) is 15.2. The molecule has 0 heterocycles. The van der Waals surface area contributed by atoms with Crippen molar-refractivity contribution in [3.05, 3.63) is 70.5 Å². The maximum absolute atomic E-state index is 13.5. The number of nitrogens with one attached hydrogen (secondary N) is 1. The second-order valence-corrected chi connectivity index (χ2v) is 4.86. The number of hydrogen-bond acceptors (Lipinski definition) is 3. The zero-order valence-corrected chi connectivity index (χ0v) is 11.8. The Bertz CT molecular complexity index is 656. The molecule has 0 unspecified atom stereocenters. The number of nitrogens with zero attached hydrogens (tertiary/aromatic N) is 1. The molecule has 0 saturated heterocycles. The molecule has 4 N–H and O–H groups in total. The summed E-state index contributed by atoms with van der Waals surface area (Å²) >= 11 is 0. The Hall–Kier alpha value is -2.40. The first-order valence-electron chi connectivity index (χ1n) is 6.62. The molecule has 0 aromatic heterocycles. The Balaban J connectivity index is 2.04. The van der Waals surface area contributed by atoms with Gasteiger partial charge >= 0.3 is 0 Å². The van der Waals surface area contributed by atoms with Crippen molar-refractivity contribution in [1.82, 2.24) is 5.32 Å². The van der Waals surface area contributed by atoms with Gasteiger partial charge in [-0.1, -0.05) is 29.4 Å². The van der Waals surface area contributed by atoms with Crippen molar-refractivity contribution in [1.29, 1.82) is 0 Å². The number of aryl methyl sites for hydroxylation is 1. The molecule has 0 spiro atoms. The first kappa shape index (κ1) is 15.0. The van der Waals surface area contributed by atoms with Gasteiger partial charge in [0.2, 0.25) is 0 Å². The lowest BCUT2D eigenvalue weighted by molar-refractivity contribution is 0.318. The Morgan fingerprint density at radius 1 is 1.24 bits per heavy atom. The highest BCUT2D eigenvalue weighted by Crippen LogP contribution is 2.10.